The van der Waals surface area contributed by atoms with Crippen LogP contribution in [0.5, 0.6) is 0 Å². The Labute approximate surface area is 110 Å². The lowest BCUT2D eigenvalue weighted by Gasteiger charge is -1.95. The average Bonchev–Trinajstić information content (AvgIpc) is 2.84. The Kier molecular flexibility index (Phi) is 3.63. The smallest absolute Gasteiger partial charge is 0.258 e. The van der Waals surface area contributed by atoms with Crippen molar-refractivity contribution in [1.29, 1.82) is 0 Å². The fraction of sp³-hybridized carbons (Fsp3) is 0.333. The minimum atomic E-state index is -0.166. The van der Waals surface area contributed by atoms with Gasteiger partial charge in [-0.2, -0.15) is 4.98 Å². The number of halogens is 2. The summed E-state index contributed by atoms with van der Waals surface area (Å²) >= 11 is 9.92. The molecular weight excluding hydrogens is 347 g/mol. The standard InChI is InChI=1S/C9H8ClIN2OS/c1-2-6(10)8-12-9(14-13-8)5-3-7(11)15-4-5/h3-4,6H,2H2,1H3. The molecular formula is C9H8ClIN2OS. The molecule has 80 valence electrons. The molecule has 2 aromatic rings. The summed E-state index contributed by atoms with van der Waals surface area (Å²) in [5, 5.41) is 5.68. The van der Waals surface area contributed by atoms with Crippen molar-refractivity contribution in [2.24, 2.45) is 0 Å². The average molecular weight is 355 g/mol. The Bertz CT molecular complexity index is 456. The van der Waals surface area contributed by atoms with Crippen molar-refractivity contribution in [3.8, 4) is 11.5 Å². The van der Waals surface area contributed by atoms with Gasteiger partial charge in [-0.25, -0.2) is 0 Å². The molecule has 0 bridgehead atoms. The molecule has 1 unspecified atom stereocenters. The van der Waals surface area contributed by atoms with E-state index in [1.54, 1.807) is 11.3 Å². The van der Waals surface area contributed by atoms with Gasteiger partial charge in [0, 0.05) is 5.38 Å². The van der Waals surface area contributed by atoms with Crippen LogP contribution in [0.25, 0.3) is 11.5 Å². The molecule has 0 spiro atoms. The zero-order valence-electron chi connectivity index (χ0n) is 7.91. The van der Waals surface area contributed by atoms with Crippen LogP contribution in [0.1, 0.15) is 24.5 Å². The minimum Gasteiger partial charge on any atom is -0.334 e. The molecule has 2 aromatic heterocycles. The second-order valence-electron chi connectivity index (χ2n) is 2.97. The predicted octanol–water partition coefficient (Wildman–Crippen LogP) is 4.09. The van der Waals surface area contributed by atoms with Crippen LogP contribution in [0.15, 0.2) is 16.0 Å². The van der Waals surface area contributed by atoms with Gasteiger partial charge in [-0.3, -0.25) is 0 Å². The maximum Gasteiger partial charge on any atom is 0.258 e. The van der Waals surface area contributed by atoms with E-state index < -0.39 is 0 Å². The lowest BCUT2D eigenvalue weighted by atomic mass is 10.3. The molecule has 0 aliphatic heterocycles. The van der Waals surface area contributed by atoms with Gasteiger partial charge in [0.05, 0.1) is 13.8 Å². The van der Waals surface area contributed by atoms with E-state index in [1.807, 2.05) is 18.4 Å². The Hall–Kier alpha value is -0.140. The van der Waals surface area contributed by atoms with E-state index in [2.05, 4.69) is 32.7 Å². The molecule has 0 amide bonds. The molecule has 0 aliphatic carbocycles. The van der Waals surface area contributed by atoms with Crippen molar-refractivity contribution in [3.05, 3.63) is 20.2 Å². The van der Waals surface area contributed by atoms with Crippen LogP contribution in [0.4, 0.5) is 0 Å². The van der Waals surface area contributed by atoms with Gasteiger partial charge < -0.3 is 4.52 Å². The molecule has 0 saturated heterocycles. The van der Waals surface area contributed by atoms with Crippen molar-refractivity contribution in [2.45, 2.75) is 18.7 Å². The fourth-order valence-corrected chi connectivity index (χ4v) is 2.49. The number of rotatable bonds is 3. The van der Waals surface area contributed by atoms with Crippen LogP contribution < -0.4 is 0 Å². The monoisotopic (exact) mass is 354 g/mol. The molecule has 0 aliphatic rings. The normalized spacial score (nSPS) is 13.0. The molecule has 2 heterocycles. The third kappa shape index (κ3) is 2.51. The summed E-state index contributed by atoms with van der Waals surface area (Å²) in [6.07, 6.45) is 0.793. The van der Waals surface area contributed by atoms with Crippen LogP contribution in [0, 0.1) is 2.88 Å². The summed E-state index contributed by atoms with van der Waals surface area (Å²) in [6.45, 7) is 1.99. The third-order valence-corrected chi connectivity index (χ3v) is 4.19. The van der Waals surface area contributed by atoms with Gasteiger partial charge in [0.2, 0.25) is 0 Å². The van der Waals surface area contributed by atoms with Gasteiger partial charge >= 0.3 is 0 Å². The van der Waals surface area contributed by atoms with E-state index >= 15 is 0 Å². The summed E-state index contributed by atoms with van der Waals surface area (Å²) in [7, 11) is 0. The highest BCUT2D eigenvalue weighted by atomic mass is 127. The van der Waals surface area contributed by atoms with Crippen molar-refractivity contribution in [2.75, 3.05) is 0 Å². The number of alkyl halides is 1. The second-order valence-corrected chi connectivity index (χ2v) is 6.31. The van der Waals surface area contributed by atoms with E-state index in [0.717, 1.165) is 12.0 Å². The molecule has 0 N–H and O–H groups in total. The zero-order valence-corrected chi connectivity index (χ0v) is 11.6. The Morgan fingerprint density at radius 1 is 1.67 bits per heavy atom. The fourth-order valence-electron chi connectivity index (χ4n) is 1.08. The Balaban J connectivity index is 2.27. The quantitative estimate of drug-likeness (QED) is 0.615. The third-order valence-electron chi connectivity index (χ3n) is 1.89. The largest absolute Gasteiger partial charge is 0.334 e. The first kappa shape index (κ1) is 11.3. The highest BCUT2D eigenvalue weighted by molar-refractivity contribution is 14.1. The van der Waals surface area contributed by atoms with Crippen LogP contribution in [0.3, 0.4) is 0 Å². The van der Waals surface area contributed by atoms with E-state index in [0.29, 0.717) is 11.7 Å². The number of aromatic nitrogens is 2. The Morgan fingerprint density at radius 2 is 2.47 bits per heavy atom. The van der Waals surface area contributed by atoms with Crippen molar-refractivity contribution in [1.82, 2.24) is 10.1 Å². The van der Waals surface area contributed by atoms with Crippen LogP contribution in [-0.2, 0) is 0 Å². The molecule has 0 saturated carbocycles. The van der Waals surface area contributed by atoms with Crippen LogP contribution in [-0.4, -0.2) is 10.1 Å². The number of thiophene rings is 1. The Morgan fingerprint density at radius 3 is 3.07 bits per heavy atom. The number of hydrogen-bond acceptors (Lipinski definition) is 4. The molecule has 15 heavy (non-hydrogen) atoms. The summed E-state index contributed by atoms with van der Waals surface area (Å²) in [4.78, 5) is 4.26. The summed E-state index contributed by atoms with van der Waals surface area (Å²) in [6, 6.07) is 2.01. The number of hydrogen-bond donors (Lipinski definition) is 0. The van der Waals surface area contributed by atoms with Gasteiger partial charge in [0.1, 0.15) is 0 Å². The summed E-state index contributed by atoms with van der Waals surface area (Å²) in [5.74, 6) is 1.11. The molecule has 0 fully saturated rings. The molecule has 3 nitrogen and oxygen atoms in total. The molecule has 0 radical (unpaired) electrons. The van der Waals surface area contributed by atoms with Gasteiger partial charge in [-0.15, -0.1) is 22.9 Å². The van der Waals surface area contributed by atoms with Crippen LogP contribution in [0.2, 0.25) is 0 Å². The van der Waals surface area contributed by atoms with Gasteiger partial charge in [-0.05, 0) is 35.1 Å². The van der Waals surface area contributed by atoms with E-state index in [-0.39, 0.29) is 5.38 Å². The maximum atomic E-state index is 6.01. The molecule has 6 heteroatoms. The van der Waals surface area contributed by atoms with Crippen molar-refractivity contribution < 1.29 is 4.52 Å². The first-order chi connectivity index (χ1) is 7.20. The van der Waals surface area contributed by atoms with E-state index in [9.17, 15) is 0 Å². The van der Waals surface area contributed by atoms with E-state index in [4.69, 9.17) is 16.1 Å². The highest BCUT2D eigenvalue weighted by Crippen LogP contribution is 2.28. The summed E-state index contributed by atoms with van der Waals surface area (Å²) in [5.41, 5.74) is 0.961. The predicted molar refractivity (Wildman–Crippen MR) is 69.2 cm³/mol. The zero-order chi connectivity index (χ0) is 10.8. The van der Waals surface area contributed by atoms with Gasteiger partial charge in [-0.1, -0.05) is 12.1 Å². The van der Waals surface area contributed by atoms with E-state index in [1.165, 1.54) is 2.88 Å². The number of nitrogens with zero attached hydrogens (tertiary/aromatic N) is 2. The first-order valence-corrected chi connectivity index (χ1v) is 6.82. The maximum absolute atomic E-state index is 6.01. The summed E-state index contributed by atoms with van der Waals surface area (Å²) < 4.78 is 6.34. The topological polar surface area (TPSA) is 38.9 Å². The minimum absolute atomic E-state index is 0.166. The lowest BCUT2D eigenvalue weighted by molar-refractivity contribution is 0.421. The molecule has 2 rings (SSSR count). The second kappa shape index (κ2) is 4.80. The highest BCUT2D eigenvalue weighted by Gasteiger charge is 2.15. The molecule has 0 aromatic carbocycles. The SMILES string of the molecule is CCC(Cl)c1noc(-c2csc(I)c2)n1. The first-order valence-electron chi connectivity index (χ1n) is 4.42. The van der Waals surface area contributed by atoms with Gasteiger partial charge in [0.25, 0.3) is 5.89 Å². The van der Waals surface area contributed by atoms with Gasteiger partial charge in [0.15, 0.2) is 5.82 Å². The molecule has 1 atom stereocenters. The van der Waals surface area contributed by atoms with Crippen molar-refractivity contribution >= 4 is 45.5 Å². The van der Waals surface area contributed by atoms with Crippen LogP contribution >= 0.6 is 45.5 Å². The van der Waals surface area contributed by atoms with Crippen molar-refractivity contribution in [3.63, 3.8) is 0 Å². The lowest BCUT2D eigenvalue weighted by Crippen LogP contribution is -1.90.